The molecule has 6 heteroatoms. The molecule has 0 saturated carbocycles. The Kier molecular flexibility index (Phi) is 4.60. The molecule has 0 bridgehead atoms. The van der Waals surface area contributed by atoms with Crippen LogP contribution in [0.2, 0.25) is 0 Å². The normalized spacial score (nSPS) is 16.0. The van der Waals surface area contributed by atoms with E-state index in [1.165, 1.54) is 0 Å². The Balaban J connectivity index is 1.94. The molecule has 1 amide bonds. The number of hydrogen-bond donors (Lipinski definition) is 4. The average molecular weight is 267 g/mol. The minimum atomic E-state index is -0.516. The lowest BCUT2D eigenvalue weighted by molar-refractivity contribution is -0.113. The number of fused-ring (bicyclic) bond motifs is 1. The average Bonchev–Trinajstić information content (AvgIpc) is 2.38. The summed E-state index contributed by atoms with van der Waals surface area (Å²) in [4.78, 5) is 12.4. The van der Waals surface area contributed by atoms with Crippen molar-refractivity contribution in [2.24, 2.45) is 5.73 Å². The van der Waals surface area contributed by atoms with Gasteiger partial charge >= 0.3 is 0 Å². The Morgan fingerprint density at radius 1 is 1.56 bits per heavy atom. The molecule has 98 valence electrons. The van der Waals surface area contributed by atoms with Crippen LogP contribution in [0.4, 0.5) is 5.69 Å². The molecule has 0 aliphatic carbocycles. The summed E-state index contributed by atoms with van der Waals surface area (Å²) in [5, 5.41) is 15.3. The highest BCUT2D eigenvalue weighted by Crippen LogP contribution is 2.31. The van der Waals surface area contributed by atoms with Crippen molar-refractivity contribution in [3.8, 4) is 0 Å². The van der Waals surface area contributed by atoms with Crippen molar-refractivity contribution in [1.29, 1.82) is 0 Å². The summed E-state index contributed by atoms with van der Waals surface area (Å²) in [6.45, 7) is 1.36. The number of amides is 1. The fourth-order valence-electron chi connectivity index (χ4n) is 1.71. The SMILES string of the molecule is NCC(O)CNCc1ccc2c(c1)NC(=O)CS2. The molecule has 5 nitrogen and oxygen atoms in total. The molecule has 2 rings (SSSR count). The van der Waals surface area contributed by atoms with Crippen molar-refractivity contribution >= 4 is 23.4 Å². The zero-order chi connectivity index (χ0) is 13.0. The highest BCUT2D eigenvalue weighted by Gasteiger charge is 2.15. The van der Waals surface area contributed by atoms with E-state index in [1.807, 2.05) is 18.2 Å². The van der Waals surface area contributed by atoms with E-state index in [-0.39, 0.29) is 12.5 Å². The lowest BCUT2D eigenvalue weighted by atomic mass is 10.2. The summed E-state index contributed by atoms with van der Waals surface area (Å²) in [7, 11) is 0. The van der Waals surface area contributed by atoms with E-state index in [2.05, 4.69) is 10.6 Å². The molecule has 1 heterocycles. The second kappa shape index (κ2) is 6.19. The van der Waals surface area contributed by atoms with Gasteiger partial charge in [-0.1, -0.05) is 6.07 Å². The third-order valence-electron chi connectivity index (χ3n) is 2.66. The van der Waals surface area contributed by atoms with Gasteiger partial charge in [-0.2, -0.15) is 0 Å². The Labute approximate surface area is 110 Å². The van der Waals surface area contributed by atoms with E-state index < -0.39 is 6.10 Å². The number of benzene rings is 1. The summed E-state index contributed by atoms with van der Waals surface area (Å²) < 4.78 is 0. The number of thioether (sulfide) groups is 1. The number of carbonyl (C=O) groups is 1. The van der Waals surface area contributed by atoms with Crippen LogP contribution in [0.5, 0.6) is 0 Å². The van der Waals surface area contributed by atoms with Crippen LogP contribution in [-0.2, 0) is 11.3 Å². The molecule has 1 unspecified atom stereocenters. The number of carbonyl (C=O) groups excluding carboxylic acids is 1. The molecule has 1 aliphatic rings. The minimum Gasteiger partial charge on any atom is -0.390 e. The van der Waals surface area contributed by atoms with Gasteiger partial charge in [-0.05, 0) is 17.7 Å². The van der Waals surface area contributed by atoms with Crippen LogP contribution in [0.1, 0.15) is 5.56 Å². The molecule has 0 fully saturated rings. The summed E-state index contributed by atoms with van der Waals surface area (Å²) in [6, 6.07) is 5.99. The zero-order valence-corrected chi connectivity index (χ0v) is 10.8. The van der Waals surface area contributed by atoms with Crippen molar-refractivity contribution in [3.63, 3.8) is 0 Å². The smallest absolute Gasteiger partial charge is 0.234 e. The molecule has 0 spiro atoms. The fourth-order valence-corrected chi connectivity index (χ4v) is 2.50. The summed E-state index contributed by atoms with van der Waals surface area (Å²) in [5.74, 6) is 0.518. The van der Waals surface area contributed by atoms with Crippen LogP contribution in [0.3, 0.4) is 0 Å². The first-order chi connectivity index (χ1) is 8.69. The molecule has 1 aliphatic heterocycles. The lowest BCUT2D eigenvalue weighted by Gasteiger charge is -2.17. The van der Waals surface area contributed by atoms with Gasteiger partial charge < -0.3 is 21.5 Å². The number of nitrogens with two attached hydrogens (primary N) is 1. The van der Waals surface area contributed by atoms with Crippen LogP contribution < -0.4 is 16.4 Å². The van der Waals surface area contributed by atoms with Crippen LogP contribution in [0, 0.1) is 0 Å². The van der Waals surface area contributed by atoms with Crippen LogP contribution >= 0.6 is 11.8 Å². The molecular formula is C12H17N3O2S. The predicted molar refractivity (Wildman–Crippen MR) is 72.6 cm³/mol. The summed E-state index contributed by atoms with van der Waals surface area (Å²) >= 11 is 1.55. The van der Waals surface area contributed by atoms with E-state index in [0.717, 1.165) is 16.1 Å². The van der Waals surface area contributed by atoms with Crippen molar-refractivity contribution in [2.75, 3.05) is 24.2 Å². The van der Waals surface area contributed by atoms with E-state index in [0.29, 0.717) is 18.8 Å². The highest BCUT2D eigenvalue weighted by atomic mass is 32.2. The van der Waals surface area contributed by atoms with Crippen molar-refractivity contribution in [1.82, 2.24) is 5.32 Å². The number of nitrogens with one attached hydrogen (secondary N) is 2. The number of hydrogen-bond acceptors (Lipinski definition) is 5. The first-order valence-electron chi connectivity index (χ1n) is 5.83. The third-order valence-corrected chi connectivity index (χ3v) is 3.73. The largest absolute Gasteiger partial charge is 0.390 e. The minimum absolute atomic E-state index is 0.0381. The second-order valence-corrected chi connectivity index (χ2v) is 5.20. The predicted octanol–water partition coefficient (Wildman–Crippen LogP) is 0.140. The van der Waals surface area contributed by atoms with Crippen LogP contribution in [0.15, 0.2) is 23.1 Å². The Bertz CT molecular complexity index is 439. The number of rotatable bonds is 5. The maximum Gasteiger partial charge on any atom is 0.234 e. The van der Waals surface area contributed by atoms with Crippen LogP contribution in [-0.4, -0.2) is 36.0 Å². The van der Waals surface area contributed by atoms with Gasteiger partial charge in [-0.15, -0.1) is 11.8 Å². The Hall–Kier alpha value is -1.08. The molecule has 1 aromatic rings. The molecule has 0 aromatic heterocycles. The zero-order valence-electron chi connectivity index (χ0n) is 9.98. The molecule has 1 atom stereocenters. The van der Waals surface area contributed by atoms with Gasteiger partial charge in [0.05, 0.1) is 17.5 Å². The van der Waals surface area contributed by atoms with Gasteiger partial charge in [0.2, 0.25) is 5.91 Å². The third kappa shape index (κ3) is 3.46. The Morgan fingerprint density at radius 3 is 3.17 bits per heavy atom. The standard InChI is InChI=1S/C12H17N3O2S/c13-4-9(16)6-14-5-8-1-2-11-10(3-8)15-12(17)7-18-11/h1-3,9,14,16H,4-7,13H2,(H,15,17). The lowest BCUT2D eigenvalue weighted by Crippen LogP contribution is -2.32. The van der Waals surface area contributed by atoms with Crippen LogP contribution in [0.25, 0.3) is 0 Å². The Morgan fingerprint density at radius 2 is 2.39 bits per heavy atom. The number of aliphatic hydroxyl groups excluding tert-OH is 1. The monoisotopic (exact) mass is 267 g/mol. The summed E-state index contributed by atoms with van der Waals surface area (Å²) in [6.07, 6.45) is -0.516. The van der Waals surface area contributed by atoms with Crippen molar-refractivity contribution in [2.45, 2.75) is 17.5 Å². The van der Waals surface area contributed by atoms with E-state index in [9.17, 15) is 9.90 Å². The second-order valence-electron chi connectivity index (χ2n) is 4.19. The van der Waals surface area contributed by atoms with Gasteiger partial charge in [0.15, 0.2) is 0 Å². The van der Waals surface area contributed by atoms with Gasteiger partial charge in [-0.25, -0.2) is 0 Å². The van der Waals surface area contributed by atoms with Gasteiger partial charge in [0.1, 0.15) is 0 Å². The molecular weight excluding hydrogens is 250 g/mol. The van der Waals surface area contributed by atoms with Gasteiger partial charge in [-0.3, -0.25) is 4.79 Å². The first kappa shape index (κ1) is 13.4. The topological polar surface area (TPSA) is 87.4 Å². The van der Waals surface area contributed by atoms with Crippen molar-refractivity contribution < 1.29 is 9.90 Å². The maximum atomic E-state index is 11.3. The van der Waals surface area contributed by atoms with Gasteiger partial charge in [0.25, 0.3) is 0 Å². The highest BCUT2D eigenvalue weighted by molar-refractivity contribution is 8.00. The molecule has 18 heavy (non-hydrogen) atoms. The van der Waals surface area contributed by atoms with Gasteiger partial charge in [0, 0.05) is 24.5 Å². The molecule has 0 radical (unpaired) electrons. The number of aliphatic hydroxyl groups is 1. The first-order valence-corrected chi connectivity index (χ1v) is 6.82. The van der Waals surface area contributed by atoms with E-state index >= 15 is 0 Å². The summed E-state index contributed by atoms with van der Waals surface area (Å²) in [5.41, 5.74) is 7.26. The molecule has 5 N–H and O–H groups in total. The quantitative estimate of drug-likeness (QED) is 0.609. The number of anilines is 1. The van der Waals surface area contributed by atoms with E-state index in [1.54, 1.807) is 11.8 Å². The fraction of sp³-hybridized carbons (Fsp3) is 0.417. The molecule has 0 saturated heterocycles. The molecule has 1 aromatic carbocycles. The maximum absolute atomic E-state index is 11.3. The van der Waals surface area contributed by atoms with Crippen molar-refractivity contribution in [3.05, 3.63) is 23.8 Å². The van der Waals surface area contributed by atoms with E-state index in [4.69, 9.17) is 5.73 Å².